The summed E-state index contributed by atoms with van der Waals surface area (Å²) in [6.45, 7) is 0.769. The molecule has 1 saturated heterocycles. The second-order valence-electron chi connectivity index (χ2n) is 6.17. The molecule has 6 nitrogen and oxygen atoms in total. The lowest BCUT2D eigenvalue weighted by molar-refractivity contribution is -0.147. The van der Waals surface area contributed by atoms with E-state index in [0.717, 1.165) is 0 Å². The van der Waals surface area contributed by atoms with E-state index in [1.54, 1.807) is 32.3 Å². The van der Waals surface area contributed by atoms with Crippen LogP contribution in [0.2, 0.25) is 5.02 Å². The van der Waals surface area contributed by atoms with Crippen molar-refractivity contribution < 1.29 is 19.4 Å². The van der Waals surface area contributed by atoms with Gasteiger partial charge in [-0.15, -0.1) is 0 Å². The summed E-state index contributed by atoms with van der Waals surface area (Å²) in [7, 11) is 4.62. The van der Waals surface area contributed by atoms with E-state index >= 15 is 0 Å². The maximum atomic E-state index is 12.4. The van der Waals surface area contributed by atoms with Gasteiger partial charge in [0, 0.05) is 38.3 Å². The van der Waals surface area contributed by atoms with Crippen molar-refractivity contribution in [1.82, 2.24) is 9.80 Å². The molecule has 136 valence electrons. The third kappa shape index (κ3) is 4.60. The molecule has 1 aliphatic rings. The molecule has 2 atom stereocenters. The van der Waals surface area contributed by atoms with Gasteiger partial charge in [-0.25, -0.2) is 4.79 Å². The molecule has 1 amide bonds. The molecule has 7 heteroatoms. The Morgan fingerprint density at radius 3 is 2.68 bits per heavy atom. The number of carbonyl (C=O) groups excluding carboxylic acids is 2. The second-order valence-corrected chi connectivity index (χ2v) is 6.58. The van der Waals surface area contributed by atoms with Gasteiger partial charge in [0.05, 0.1) is 13.2 Å². The molecule has 0 bridgehead atoms. The summed E-state index contributed by atoms with van der Waals surface area (Å²) in [5.41, 5.74) is 1.22. The maximum absolute atomic E-state index is 12.4. The third-order valence-corrected chi connectivity index (χ3v) is 4.59. The Kier molecular flexibility index (Phi) is 6.58. The van der Waals surface area contributed by atoms with E-state index in [9.17, 15) is 14.7 Å². The van der Waals surface area contributed by atoms with E-state index in [-0.39, 0.29) is 12.5 Å². The van der Waals surface area contributed by atoms with Gasteiger partial charge in [0.25, 0.3) is 0 Å². The van der Waals surface area contributed by atoms with Crippen molar-refractivity contribution in [3.63, 3.8) is 0 Å². The van der Waals surface area contributed by atoms with Crippen LogP contribution in [-0.2, 0) is 14.3 Å². The summed E-state index contributed by atoms with van der Waals surface area (Å²) in [4.78, 5) is 27.7. The fraction of sp³-hybridized carbons (Fsp3) is 0.444. The lowest BCUT2D eigenvalue weighted by atomic mass is 9.96. The van der Waals surface area contributed by atoms with E-state index < -0.39 is 18.1 Å². The van der Waals surface area contributed by atoms with E-state index in [2.05, 4.69) is 0 Å². The van der Waals surface area contributed by atoms with Crippen LogP contribution in [0.15, 0.2) is 35.9 Å². The molecule has 2 unspecified atom stereocenters. The lowest BCUT2D eigenvalue weighted by Crippen LogP contribution is -2.43. The minimum absolute atomic E-state index is 0.205. The van der Waals surface area contributed by atoms with E-state index in [1.807, 2.05) is 11.0 Å². The first kappa shape index (κ1) is 19.4. The quantitative estimate of drug-likeness (QED) is 0.648. The van der Waals surface area contributed by atoms with Crippen LogP contribution >= 0.6 is 11.6 Å². The minimum atomic E-state index is -0.704. The number of amides is 1. The van der Waals surface area contributed by atoms with Gasteiger partial charge in [0.1, 0.15) is 6.04 Å². The standard InChI is InChI=1S/C18H23ClN2O4/c1-20(2)16(23)10-12-11-21(9-8-15(12)22)17(18(24)25-3)13-6-4-5-7-14(13)19/h4-7,10,15,17,22H,8-9,11H2,1-3H3/b12-10+. The average Bonchev–Trinajstić information content (AvgIpc) is 2.59. The SMILES string of the molecule is COC(=O)C(c1ccccc1Cl)N1CCC(O)/C(=C/C(=O)N(C)C)C1. The third-order valence-electron chi connectivity index (χ3n) is 4.24. The van der Waals surface area contributed by atoms with Gasteiger partial charge < -0.3 is 14.7 Å². The fourth-order valence-electron chi connectivity index (χ4n) is 2.82. The van der Waals surface area contributed by atoms with E-state index in [4.69, 9.17) is 16.3 Å². The van der Waals surface area contributed by atoms with Crippen molar-refractivity contribution in [3.05, 3.63) is 46.5 Å². The van der Waals surface area contributed by atoms with Crippen LogP contribution < -0.4 is 0 Å². The second kappa shape index (κ2) is 8.47. The Hall–Kier alpha value is -1.89. The predicted molar refractivity (Wildman–Crippen MR) is 95.2 cm³/mol. The number of likely N-dealkylation sites (N-methyl/N-ethyl adjacent to an activating group) is 1. The lowest BCUT2D eigenvalue weighted by Gasteiger charge is -2.36. The van der Waals surface area contributed by atoms with Gasteiger partial charge in [-0.3, -0.25) is 9.69 Å². The Balaban J connectivity index is 2.34. The highest BCUT2D eigenvalue weighted by atomic mass is 35.5. The van der Waals surface area contributed by atoms with Crippen LogP contribution in [0.3, 0.4) is 0 Å². The molecule has 1 fully saturated rings. The van der Waals surface area contributed by atoms with Crippen LogP contribution in [0.5, 0.6) is 0 Å². The number of aliphatic hydroxyl groups is 1. The summed E-state index contributed by atoms with van der Waals surface area (Å²) in [5, 5.41) is 10.7. The Morgan fingerprint density at radius 2 is 2.08 bits per heavy atom. The molecule has 2 rings (SSSR count). The smallest absolute Gasteiger partial charge is 0.327 e. The number of nitrogens with zero attached hydrogens (tertiary/aromatic N) is 2. The number of hydrogen-bond acceptors (Lipinski definition) is 5. The van der Waals surface area contributed by atoms with Crippen molar-refractivity contribution in [2.45, 2.75) is 18.6 Å². The molecule has 0 aliphatic carbocycles. The fourth-order valence-corrected chi connectivity index (χ4v) is 3.06. The molecular formula is C18H23ClN2O4. The van der Waals surface area contributed by atoms with Crippen LogP contribution in [0.25, 0.3) is 0 Å². The molecule has 1 N–H and O–H groups in total. The Labute approximate surface area is 152 Å². The summed E-state index contributed by atoms with van der Waals surface area (Å²) in [6.07, 6.45) is 1.15. The summed E-state index contributed by atoms with van der Waals surface area (Å²) in [6, 6.07) is 6.41. The molecule has 0 aromatic heterocycles. The minimum Gasteiger partial charge on any atom is -0.468 e. The molecular weight excluding hydrogens is 344 g/mol. The van der Waals surface area contributed by atoms with Crippen LogP contribution in [-0.4, -0.2) is 67.2 Å². The molecule has 1 aromatic carbocycles. The number of benzene rings is 1. The molecule has 0 radical (unpaired) electrons. The van der Waals surface area contributed by atoms with Gasteiger partial charge in [-0.1, -0.05) is 29.8 Å². The number of esters is 1. The zero-order valence-electron chi connectivity index (χ0n) is 14.6. The summed E-state index contributed by atoms with van der Waals surface area (Å²) >= 11 is 6.27. The maximum Gasteiger partial charge on any atom is 0.327 e. The topological polar surface area (TPSA) is 70.1 Å². The number of ether oxygens (including phenoxy) is 1. The van der Waals surface area contributed by atoms with Crippen LogP contribution in [0.4, 0.5) is 0 Å². The van der Waals surface area contributed by atoms with Crippen LogP contribution in [0.1, 0.15) is 18.0 Å². The van der Waals surface area contributed by atoms with Crippen LogP contribution in [0, 0.1) is 0 Å². The first-order valence-corrected chi connectivity index (χ1v) is 8.39. The van der Waals surface area contributed by atoms with Gasteiger partial charge in [0.2, 0.25) is 5.91 Å². The van der Waals surface area contributed by atoms with Gasteiger partial charge in [-0.2, -0.15) is 0 Å². The first-order chi connectivity index (χ1) is 11.8. The number of aliphatic hydroxyl groups excluding tert-OH is 1. The van der Waals surface area contributed by atoms with Crippen molar-refractivity contribution in [2.24, 2.45) is 0 Å². The zero-order valence-corrected chi connectivity index (χ0v) is 15.4. The van der Waals surface area contributed by atoms with Crippen molar-refractivity contribution in [3.8, 4) is 0 Å². The monoisotopic (exact) mass is 366 g/mol. The van der Waals surface area contributed by atoms with Crippen molar-refractivity contribution in [2.75, 3.05) is 34.3 Å². The molecule has 0 saturated carbocycles. The van der Waals surface area contributed by atoms with E-state index in [1.165, 1.54) is 18.1 Å². The number of piperidine rings is 1. The highest BCUT2D eigenvalue weighted by molar-refractivity contribution is 6.31. The number of methoxy groups -OCH3 is 1. The number of carbonyl (C=O) groups is 2. The average molecular weight is 367 g/mol. The highest BCUT2D eigenvalue weighted by Gasteiger charge is 2.34. The number of hydrogen-bond donors (Lipinski definition) is 1. The first-order valence-electron chi connectivity index (χ1n) is 8.01. The number of halogens is 1. The number of likely N-dealkylation sites (tertiary alicyclic amines) is 1. The highest BCUT2D eigenvalue weighted by Crippen LogP contribution is 2.32. The normalized spacial score (nSPS) is 21.0. The van der Waals surface area contributed by atoms with Gasteiger partial charge >= 0.3 is 5.97 Å². The predicted octanol–water partition coefficient (Wildman–Crippen LogP) is 1.64. The number of rotatable bonds is 4. The molecule has 1 aromatic rings. The van der Waals surface area contributed by atoms with Gasteiger partial charge in [0.15, 0.2) is 0 Å². The van der Waals surface area contributed by atoms with Crippen molar-refractivity contribution >= 4 is 23.5 Å². The molecule has 1 aliphatic heterocycles. The van der Waals surface area contributed by atoms with Gasteiger partial charge in [-0.05, 0) is 23.6 Å². The zero-order chi connectivity index (χ0) is 18.6. The summed E-state index contributed by atoms with van der Waals surface area (Å²) < 4.78 is 4.96. The molecule has 25 heavy (non-hydrogen) atoms. The van der Waals surface area contributed by atoms with Crippen molar-refractivity contribution in [1.29, 1.82) is 0 Å². The summed E-state index contributed by atoms with van der Waals surface area (Å²) in [5.74, 6) is -0.633. The molecule has 0 spiro atoms. The molecule has 1 heterocycles. The Bertz CT molecular complexity index is 675. The Morgan fingerprint density at radius 1 is 1.40 bits per heavy atom. The van der Waals surface area contributed by atoms with E-state index in [0.29, 0.717) is 29.1 Å². The largest absolute Gasteiger partial charge is 0.468 e.